The van der Waals surface area contributed by atoms with E-state index in [4.69, 9.17) is 29.4 Å². The highest BCUT2D eigenvalue weighted by atomic mass is 19.1. The molecule has 12 nitrogen and oxygen atoms in total. The number of halogens is 1. The van der Waals surface area contributed by atoms with Crippen molar-refractivity contribution in [2.24, 2.45) is 5.92 Å². The number of nitrogen functional groups attached to an aromatic ring is 1. The fourth-order valence-corrected chi connectivity index (χ4v) is 6.70. The SMILES string of the molecule is COc1cc(-c2ccnc(N)c2-c2ccc(NC(=O)c3cn(CC4CCOCC4)cc(-c4ccc(C)cn4)c3=O)cc2F)ccc1OC[C@H]1COCCO1. The van der Waals surface area contributed by atoms with Crippen LogP contribution >= 0.6 is 0 Å². The van der Waals surface area contributed by atoms with Gasteiger partial charge in [-0.15, -0.1) is 0 Å². The van der Waals surface area contributed by atoms with Crippen molar-refractivity contribution in [3.05, 3.63) is 107 Å². The van der Waals surface area contributed by atoms with Crippen LogP contribution in [0.3, 0.4) is 0 Å². The van der Waals surface area contributed by atoms with Crippen molar-refractivity contribution in [1.82, 2.24) is 14.5 Å². The fourth-order valence-electron chi connectivity index (χ4n) is 6.70. The number of aromatic nitrogens is 3. The Hall–Kier alpha value is -5.63. The fraction of sp³-hybridized carbons (Fsp3) is 0.317. The molecule has 2 aliphatic rings. The molecule has 2 fully saturated rings. The van der Waals surface area contributed by atoms with E-state index >= 15 is 4.39 Å². The Morgan fingerprint density at radius 3 is 2.56 bits per heavy atom. The van der Waals surface area contributed by atoms with E-state index in [-0.39, 0.29) is 28.7 Å². The van der Waals surface area contributed by atoms with Crippen molar-refractivity contribution in [2.45, 2.75) is 32.4 Å². The predicted octanol–water partition coefficient (Wildman–Crippen LogP) is 6.15. The highest BCUT2D eigenvalue weighted by molar-refractivity contribution is 6.05. The summed E-state index contributed by atoms with van der Waals surface area (Å²) in [7, 11) is 1.54. The van der Waals surface area contributed by atoms with E-state index in [0.29, 0.717) is 91.6 Å². The van der Waals surface area contributed by atoms with E-state index in [0.717, 1.165) is 18.4 Å². The van der Waals surface area contributed by atoms with Gasteiger partial charge in [0.2, 0.25) is 5.43 Å². The van der Waals surface area contributed by atoms with Crippen LogP contribution in [0.2, 0.25) is 0 Å². The number of nitrogens with two attached hydrogens (primary N) is 1. The summed E-state index contributed by atoms with van der Waals surface area (Å²) in [5.74, 6) is 0.111. The van der Waals surface area contributed by atoms with Gasteiger partial charge in [0.15, 0.2) is 11.5 Å². The minimum Gasteiger partial charge on any atom is -0.493 e. The number of benzene rings is 2. The lowest BCUT2D eigenvalue weighted by atomic mass is 9.94. The van der Waals surface area contributed by atoms with Gasteiger partial charge in [0.05, 0.1) is 38.2 Å². The molecule has 0 bridgehead atoms. The average Bonchev–Trinajstić information content (AvgIpc) is 3.19. The molecule has 2 saturated heterocycles. The third kappa shape index (κ3) is 8.28. The number of nitrogens with zero attached hydrogens (tertiary/aromatic N) is 3. The van der Waals surface area contributed by atoms with E-state index in [1.54, 1.807) is 55.1 Å². The van der Waals surface area contributed by atoms with Crippen LogP contribution in [0.4, 0.5) is 15.9 Å². The number of anilines is 2. The van der Waals surface area contributed by atoms with Gasteiger partial charge in [-0.3, -0.25) is 14.6 Å². The molecule has 1 amide bonds. The summed E-state index contributed by atoms with van der Waals surface area (Å²) in [6.07, 6.45) is 8.09. The van der Waals surface area contributed by atoms with Gasteiger partial charge in [0.1, 0.15) is 29.9 Å². The number of amides is 1. The van der Waals surface area contributed by atoms with Gasteiger partial charge in [-0.25, -0.2) is 9.37 Å². The van der Waals surface area contributed by atoms with Crippen molar-refractivity contribution in [3.63, 3.8) is 0 Å². The van der Waals surface area contributed by atoms with Crippen LogP contribution in [-0.2, 0) is 20.8 Å². The number of carbonyl (C=O) groups is 1. The monoisotopic (exact) mass is 735 g/mol. The molecular weight excluding hydrogens is 693 g/mol. The molecule has 7 rings (SSSR count). The van der Waals surface area contributed by atoms with E-state index in [2.05, 4.69) is 15.3 Å². The molecule has 2 aromatic carbocycles. The highest BCUT2D eigenvalue weighted by Gasteiger charge is 2.23. The number of hydrogen-bond acceptors (Lipinski definition) is 10. The van der Waals surface area contributed by atoms with Crippen molar-refractivity contribution >= 4 is 17.4 Å². The minimum atomic E-state index is -0.666. The maximum Gasteiger partial charge on any atom is 0.261 e. The zero-order chi connectivity index (χ0) is 37.6. The Morgan fingerprint density at radius 1 is 0.963 bits per heavy atom. The molecule has 0 unspecified atom stereocenters. The van der Waals surface area contributed by atoms with Crippen LogP contribution in [0.25, 0.3) is 33.5 Å². The first kappa shape index (κ1) is 36.7. The Labute approximate surface area is 312 Å². The molecule has 1 atom stereocenters. The minimum absolute atomic E-state index is 0.0776. The summed E-state index contributed by atoms with van der Waals surface area (Å²) >= 11 is 0. The maximum atomic E-state index is 16.1. The first-order chi connectivity index (χ1) is 26.3. The molecule has 2 aliphatic heterocycles. The summed E-state index contributed by atoms with van der Waals surface area (Å²) in [4.78, 5) is 36.2. The second kappa shape index (κ2) is 16.6. The molecule has 0 spiro atoms. The molecule has 5 aromatic rings. The van der Waals surface area contributed by atoms with E-state index in [1.807, 2.05) is 23.6 Å². The van der Waals surface area contributed by atoms with E-state index in [1.165, 1.54) is 19.2 Å². The lowest BCUT2D eigenvalue weighted by molar-refractivity contribution is -0.101. The zero-order valence-corrected chi connectivity index (χ0v) is 30.2. The lowest BCUT2D eigenvalue weighted by Gasteiger charge is -2.23. The van der Waals surface area contributed by atoms with Gasteiger partial charge in [-0.2, -0.15) is 0 Å². The summed E-state index contributed by atoms with van der Waals surface area (Å²) in [6, 6.07) is 15.0. The molecule has 0 saturated carbocycles. The van der Waals surface area contributed by atoms with Gasteiger partial charge >= 0.3 is 0 Å². The predicted molar refractivity (Wildman–Crippen MR) is 202 cm³/mol. The van der Waals surface area contributed by atoms with Crippen molar-refractivity contribution in [3.8, 4) is 45.0 Å². The molecule has 3 N–H and O–H groups in total. The number of rotatable bonds is 11. The van der Waals surface area contributed by atoms with Gasteiger partial charge < -0.3 is 39.3 Å². The number of aryl methyl sites for hydroxylation is 1. The van der Waals surface area contributed by atoms with E-state index in [9.17, 15) is 9.59 Å². The molecule has 5 heterocycles. The first-order valence-corrected chi connectivity index (χ1v) is 17.9. The molecule has 0 aliphatic carbocycles. The number of hydrogen-bond donors (Lipinski definition) is 2. The third-order valence-corrected chi connectivity index (χ3v) is 9.58. The standard InChI is InChI=1S/C41H42FN5O7/c1-25-3-7-35(45-19-25)32-21-47(20-26-10-13-51-14-11-26)22-33(39(32)48)41(49)46-28-5-6-31(34(42)18-28)38-30(9-12-44-40(38)43)27-4-8-36(37(17-27)50-2)54-24-29-23-52-15-16-53-29/h3-9,12,17-19,21-22,26,29H,10-11,13-16,20,23-24H2,1-2H3,(H2,43,44)(H,46,49)/t29-/m1/s1. The number of ether oxygens (including phenoxy) is 5. The largest absolute Gasteiger partial charge is 0.493 e. The maximum absolute atomic E-state index is 16.1. The number of pyridine rings is 3. The smallest absolute Gasteiger partial charge is 0.261 e. The average molecular weight is 736 g/mol. The Bertz CT molecular complexity index is 2180. The van der Waals surface area contributed by atoms with Gasteiger partial charge in [0, 0.05) is 61.4 Å². The highest BCUT2D eigenvalue weighted by Crippen LogP contribution is 2.40. The Kier molecular flexibility index (Phi) is 11.3. The van der Waals surface area contributed by atoms with Crippen LogP contribution in [0.5, 0.6) is 11.5 Å². The molecule has 54 heavy (non-hydrogen) atoms. The van der Waals surface area contributed by atoms with Gasteiger partial charge in [-0.1, -0.05) is 12.1 Å². The van der Waals surface area contributed by atoms with Crippen LogP contribution in [0.1, 0.15) is 28.8 Å². The summed E-state index contributed by atoms with van der Waals surface area (Å²) in [5.41, 5.74) is 9.54. The Balaban J connectivity index is 1.15. The number of carbonyl (C=O) groups excluding carboxylic acids is 1. The van der Waals surface area contributed by atoms with Crippen molar-refractivity contribution < 1.29 is 32.9 Å². The van der Waals surface area contributed by atoms with Gasteiger partial charge in [-0.05, 0) is 84.8 Å². The molecule has 0 radical (unpaired) electrons. The third-order valence-electron chi connectivity index (χ3n) is 9.58. The summed E-state index contributed by atoms with van der Waals surface area (Å²) in [6.45, 7) is 5.66. The normalized spacial score (nSPS) is 16.2. The van der Waals surface area contributed by atoms with Crippen LogP contribution in [0.15, 0.2) is 84.2 Å². The first-order valence-electron chi connectivity index (χ1n) is 17.9. The lowest BCUT2D eigenvalue weighted by Crippen LogP contribution is -2.33. The van der Waals surface area contributed by atoms with Crippen molar-refractivity contribution in [1.29, 1.82) is 0 Å². The van der Waals surface area contributed by atoms with Crippen LogP contribution in [0, 0.1) is 18.7 Å². The topological polar surface area (TPSA) is 149 Å². The Morgan fingerprint density at radius 2 is 1.81 bits per heavy atom. The van der Waals surface area contributed by atoms with Crippen LogP contribution in [-0.4, -0.2) is 73.3 Å². The summed E-state index contributed by atoms with van der Waals surface area (Å²) < 4.78 is 46.2. The number of methoxy groups -OCH3 is 1. The summed E-state index contributed by atoms with van der Waals surface area (Å²) in [5, 5.41) is 2.73. The van der Waals surface area contributed by atoms with Crippen LogP contribution < -0.4 is 26.0 Å². The molecule has 280 valence electrons. The molecular formula is C41H42FN5O7. The quantitative estimate of drug-likeness (QED) is 0.162. The second-order valence-corrected chi connectivity index (χ2v) is 13.4. The van der Waals surface area contributed by atoms with Crippen molar-refractivity contribution in [2.75, 3.05) is 57.8 Å². The number of nitrogens with one attached hydrogen (secondary N) is 1. The zero-order valence-electron chi connectivity index (χ0n) is 30.2. The van der Waals surface area contributed by atoms with E-state index < -0.39 is 17.2 Å². The molecule has 3 aromatic heterocycles. The van der Waals surface area contributed by atoms with Gasteiger partial charge in [0.25, 0.3) is 5.91 Å². The molecule has 13 heteroatoms. The second-order valence-electron chi connectivity index (χ2n) is 13.4.